The normalized spacial score (nSPS) is 11.5. The average molecular weight is 425 g/mol. The topological polar surface area (TPSA) is 85.3 Å². The van der Waals surface area contributed by atoms with E-state index in [0.29, 0.717) is 24.6 Å². The predicted molar refractivity (Wildman–Crippen MR) is 119 cm³/mol. The van der Waals surface area contributed by atoms with Gasteiger partial charge in [-0.3, -0.25) is 14.3 Å². The summed E-state index contributed by atoms with van der Waals surface area (Å²) in [5, 5.41) is 9.50. The molecule has 0 aliphatic rings. The van der Waals surface area contributed by atoms with Gasteiger partial charge in [0.1, 0.15) is 12.4 Å². The highest BCUT2D eigenvalue weighted by Crippen LogP contribution is 2.26. The predicted octanol–water partition coefficient (Wildman–Crippen LogP) is 4.04. The third kappa shape index (κ3) is 6.66. The number of rotatable bonds is 9. The van der Waals surface area contributed by atoms with Crippen molar-refractivity contribution < 1.29 is 14.3 Å². The fraction of sp³-hybridized carbons (Fsp3) is 0.227. The lowest BCUT2D eigenvalue weighted by Gasteiger charge is -2.13. The molecule has 0 aliphatic carbocycles. The highest BCUT2D eigenvalue weighted by atomic mass is 32.2. The molecule has 156 valence electrons. The first-order valence-electron chi connectivity index (χ1n) is 9.55. The van der Waals surface area contributed by atoms with Crippen LogP contribution in [0.1, 0.15) is 13.8 Å². The van der Waals surface area contributed by atoms with Crippen molar-refractivity contribution in [3.63, 3.8) is 0 Å². The number of nitrogens with zero attached hydrogens (tertiary/aromatic N) is 2. The largest absolute Gasteiger partial charge is 0.492 e. The van der Waals surface area contributed by atoms with Crippen LogP contribution in [-0.2, 0) is 16.1 Å². The molecule has 0 bridgehead atoms. The van der Waals surface area contributed by atoms with E-state index in [1.54, 1.807) is 16.9 Å². The van der Waals surface area contributed by atoms with Crippen LogP contribution in [0.15, 0.2) is 71.9 Å². The molecule has 3 aromatic rings. The second-order valence-corrected chi connectivity index (χ2v) is 8.01. The molecule has 2 amide bonds. The maximum Gasteiger partial charge on any atom is 0.237 e. The zero-order valence-corrected chi connectivity index (χ0v) is 17.7. The van der Waals surface area contributed by atoms with Crippen LogP contribution in [0, 0.1) is 0 Å². The quantitative estimate of drug-likeness (QED) is 0.507. The standard InChI is InChI=1S/C22H24N4O3S/c1-16(30-21-9-7-18(8-10-21)24-17(2)27)22(28)25-19-5-3-6-20(15-19)29-14-13-26-12-4-11-23-26/h3-12,15-16H,13-14H2,1-2H3,(H,24,27)(H,25,28). The van der Waals surface area contributed by atoms with Crippen molar-refractivity contribution in [2.45, 2.75) is 30.5 Å². The SMILES string of the molecule is CC(=O)Nc1ccc(SC(C)C(=O)Nc2cccc(OCCn3cccn3)c2)cc1. The summed E-state index contributed by atoms with van der Waals surface area (Å²) in [6, 6.07) is 16.6. The molecule has 1 atom stereocenters. The molecule has 0 spiro atoms. The Morgan fingerprint density at radius 2 is 1.90 bits per heavy atom. The maximum atomic E-state index is 12.6. The molecule has 1 unspecified atom stereocenters. The van der Waals surface area contributed by atoms with Crippen LogP contribution < -0.4 is 15.4 Å². The molecule has 0 aliphatic heterocycles. The smallest absolute Gasteiger partial charge is 0.237 e. The number of anilines is 2. The van der Waals surface area contributed by atoms with E-state index in [-0.39, 0.29) is 17.1 Å². The molecule has 2 aromatic carbocycles. The van der Waals surface area contributed by atoms with Gasteiger partial charge in [0, 0.05) is 41.7 Å². The second kappa shape index (κ2) is 10.5. The molecule has 0 saturated carbocycles. The molecule has 3 rings (SSSR count). The first-order chi connectivity index (χ1) is 14.5. The van der Waals surface area contributed by atoms with E-state index in [0.717, 1.165) is 10.6 Å². The summed E-state index contributed by atoms with van der Waals surface area (Å²) in [6.45, 7) is 4.46. The van der Waals surface area contributed by atoms with Gasteiger partial charge in [0.05, 0.1) is 11.8 Å². The minimum Gasteiger partial charge on any atom is -0.492 e. The van der Waals surface area contributed by atoms with Crippen molar-refractivity contribution in [3.8, 4) is 5.75 Å². The lowest BCUT2D eigenvalue weighted by atomic mass is 10.3. The Labute approximate surface area is 179 Å². The van der Waals surface area contributed by atoms with Crippen molar-refractivity contribution in [1.29, 1.82) is 0 Å². The van der Waals surface area contributed by atoms with Crippen molar-refractivity contribution in [1.82, 2.24) is 9.78 Å². The van der Waals surface area contributed by atoms with E-state index in [1.807, 2.05) is 61.7 Å². The number of carbonyl (C=O) groups is 2. The maximum absolute atomic E-state index is 12.6. The van der Waals surface area contributed by atoms with Crippen molar-refractivity contribution >= 4 is 35.0 Å². The lowest BCUT2D eigenvalue weighted by Crippen LogP contribution is -2.22. The lowest BCUT2D eigenvalue weighted by molar-refractivity contribution is -0.115. The molecule has 0 saturated heterocycles. The highest BCUT2D eigenvalue weighted by Gasteiger charge is 2.15. The third-order valence-corrected chi connectivity index (χ3v) is 5.22. The minimum absolute atomic E-state index is 0.0976. The summed E-state index contributed by atoms with van der Waals surface area (Å²) in [6.07, 6.45) is 3.61. The van der Waals surface area contributed by atoms with Crippen molar-refractivity contribution in [2.75, 3.05) is 17.2 Å². The number of amides is 2. The fourth-order valence-electron chi connectivity index (χ4n) is 2.68. The molecular formula is C22H24N4O3S. The van der Waals surface area contributed by atoms with Gasteiger partial charge in [-0.25, -0.2) is 0 Å². The second-order valence-electron chi connectivity index (χ2n) is 6.60. The highest BCUT2D eigenvalue weighted by molar-refractivity contribution is 8.00. The molecular weight excluding hydrogens is 400 g/mol. The minimum atomic E-state index is -0.291. The number of hydrogen-bond acceptors (Lipinski definition) is 5. The summed E-state index contributed by atoms with van der Waals surface area (Å²) in [7, 11) is 0. The molecule has 8 heteroatoms. The summed E-state index contributed by atoms with van der Waals surface area (Å²) < 4.78 is 7.55. The fourth-order valence-corrected chi connectivity index (χ4v) is 3.54. The summed E-state index contributed by atoms with van der Waals surface area (Å²) in [4.78, 5) is 24.6. The Morgan fingerprint density at radius 3 is 2.60 bits per heavy atom. The van der Waals surface area contributed by atoms with Crippen molar-refractivity contribution in [2.24, 2.45) is 0 Å². The average Bonchev–Trinajstić information content (AvgIpc) is 3.23. The van der Waals surface area contributed by atoms with Gasteiger partial charge in [-0.1, -0.05) is 6.07 Å². The Balaban J connectivity index is 1.50. The molecule has 1 heterocycles. The van der Waals surface area contributed by atoms with Crippen LogP contribution in [0.25, 0.3) is 0 Å². The summed E-state index contributed by atoms with van der Waals surface area (Å²) >= 11 is 1.45. The van der Waals surface area contributed by atoms with E-state index < -0.39 is 0 Å². The van der Waals surface area contributed by atoms with Gasteiger partial charge < -0.3 is 15.4 Å². The van der Waals surface area contributed by atoms with Gasteiger partial charge in [-0.2, -0.15) is 5.10 Å². The Bertz CT molecular complexity index is 974. The van der Waals surface area contributed by atoms with Crippen LogP contribution >= 0.6 is 11.8 Å². The number of hydrogen-bond donors (Lipinski definition) is 2. The van der Waals surface area contributed by atoms with E-state index in [9.17, 15) is 9.59 Å². The molecule has 1 aromatic heterocycles. The van der Waals surface area contributed by atoms with Gasteiger partial charge in [0.15, 0.2) is 0 Å². The van der Waals surface area contributed by atoms with Gasteiger partial charge in [0.2, 0.25) is 11.8 Å². The Hall–Kier alpha value is -3.26. The van der Waals surface area contributed by atoms with E-state index >= 15 is 0 Å². The van der Waals surface area contributed by atoms with E-state index in [1.165, 1.54) is 18.7 Å². The van der Waals surface area contributed by atoms with Crippen molar-refractivity contribution in [3.05, 3.63) is 67.0 Å². The number of aromatic nitrogens is 2. The Morgan fingerprint density at radius 1 is 1.10 bits per heavy atom. The molecule has 30 heavy (non-hydrogen) atoms. The monoisotopic (exact) mass is 424 g/mol. The van der Waals surface area contributed by atoms with E-state index in [2.05, 4.69) is 15.7 Å². The van der Waals surface area contributed by atoms with Crippen LogP contribution in [0.2, 0.25) is 0 Å². The number of carbonyl (C=O) groups excluding carboxylic acids is 2. The van der Waals surface area contributed by atoms with Crippen LogP contribution in [0.5, 0.6) is 5.75 Å². The van der Waals surface area contributed by atoms with E-state index in [4.69, 9.17) is 4.74 Å². The molecule has 0 fully saturated rings. The van der Waals surface area contributed by atoms with Crippen LogP contribution in [0.3, 0.4) is 0 Å². The third-order valence-electron chi connectivity index (χ3n) is 4.11. The van der Waals surface area contributed by atoms with Crippen LogP contribution in [0.4, 0.5) is 11.4 Å². The van der Waals surface area contributed by atoms with Crippen LogP contribution in [-0.4, -0.2) is 33.5 Å². The number of benzene rings is 2. The van der Waals surface area contributed by atoms with Gasteiger partial charge in [-0.05, 0) is 49.4 Å². The zero-order chi connectivity index (χ0) is 21.3. The molecule has 7 nitrogen and oxygen atoms in total. The molecule has 2 N–H and O–H groups in total. The first-order valence-corrected chi connectivity index (χ1v) is 10.4. The number of thioether (sulfide) groups is 1. The Kier molecular flexibility index (Phi) is 7.51. The summed E-state index contributed by atoms with van der Waals surface area (Å²) in [5.74, 6) is 0.476. The summed E-state index contributed by atoms with van der Waals surface area (Å²) in [5.41, 5.74) is 1.42. The van der Waals surface area contributed by atoms with Gasteiger partial charge >= 0.3 is 0 Å². The zero-order valence-electron chi connectivity index (χ0n) is 16.9. The molecule has 0 radical (unpaired) electrons. The van der Waals surface area contributed by atoms with Gasteiger partial charge in [-0.15, -0.1) is 11.8 Å². The van der Waals surface area contributed by atoms with Gasteiger partial charge in [0.25, 0.3) is 0 Å². The number of ether oxygens (including phenoxy) is 1. The number of nitrogens with one attached hydrogen (secondary N) is 2. The first kappa shape index (κ1) is 21.4.